The van der Waals surface area contributed by atoms with Crippen LogP contribution < -0.4 is 14.8 Å². The number of ether oxygens (including phenoxy) is 2. The molecule has 2 aliphatic rings. The number of benzene rings is 1. The molecule has 30 heavy (non-hydrogen) atoms. The fourth-order valence-corrected chi connectivity index (χ4v) is 5.78. The molecule has 152 valence electrons. The van der Waals surface area contributed by atoms with E-state index >= 15 is 0 Å². The number of fused-ring (bicyclic) bond motifs is 3. The first-order valence-corrected chi connectivity index (χ1v) is 11.5. The molecule has 4 aromatic rings. The Hall–Kier alpha value is -2.78. The van der Waals surface area contributed by atoms with Crippen LogP contribution in [0.1, 0.15) is 45.5 Å². The number of anilines is 1. The highest BCUT2D eigenvalue weighted by Gasteiger charge is 2.28. The summed E-state index contributed by atoms with van der Waals surface area (Å²) in [5.74, 6) is 2.63. The zero-order valence-corrected chi connectivity index (χ0v) is 18.1. The normalized spacial score (nSPS) is 15.7. The lowest BCUT2D eigenvalue weighted by Gasteiger charge is -2.17. The van der Waals surface area contributed by atoms with Crippen LogP contribution in [0.4, 0.5) is 5.13 Å². The van der Waals surface area contributed by atoms with Crippen LogP contribution in [0.2, 0.25) is 0 Å². The Morgan fingerprint density at radius 1 is 1.07 bits per heavy atom. The minimum Gasteiger partial charge on any atom is -0.486 e. The smallest absolute Gasteiger partial charge is 0.267 e. The molecule has 0 saturated heterocycles. The van der Waals surface area contributed by atoms with Crippen LogP contribution >= 0.6 is 22.7 Å². The number of thiazole rings is 1. The maximum Gasteiger partial charge on any atom is 0.267 e. The quantitative estimate of drug-likeness (QED) is 0.494. The van der Waals surface area contributed by atoms with Crippen molar-refractivity contribution in [3.63, 3.8) is 0 Å². The summed E-state index contributed by atoms with van der Waals surface area (Å²) in [6.07, 6.45) is 2.31. The number of rotatable bonds is 3. The molecule has 7 nitrogen and oxygen atoms in total. The van der Waals surface area contributed by atoms with Gasteiger partial charge in [0.2, 0.25) is 0 Å². The molecule has 1 amide bonds. The summed E-state index contributed by atoms with van der Waals surface area (Å²) in [4.78, 5) is 28.6. The van der Waals surface area contributed by atoms with Gasteiger partial charge in [-0.1, -0.05) is 11.3 Å². The van der Waals surface area contributed by atoms with E-state index in [0.29, 0.717) is 34.9 Å². The number of aromatic nitrogens is 3. The highest BCUT2D eigenvalue weighted by molar-refractivity contribution is 7.23. The standard InChI is InChI=1S/C21H18N4O3S2/c1-9-16-10(2)22-18(11-3-4-11)24-20(16)30-17(9)19(26)25-21-23-12-7-13-14(8-15(12)29-21)28-6-5-27-13/h7-8,11H,3-6H2,1-2H3,(H,23,25,26). The van der Waals surface area contributed by atoms with Gasteiger partial charge in [0.1, 0.15) is 23.9 Å². The Kier molecular flexibility index (Phi) is 3.97. The van der Waals surface area contributed by atoms with Crippen molar-refractivity contribution >= 4 is 54.1 Å². The molecule has 1 aliphatic heterocycles. The second kappa shape index (κ2) is 6.61. The lowest BCUT2D eigenvalue weighted by atomic mass is 10.1. The van der Waals surface area contributed by atoms with Crippen molar-refractivity contribution in [3.05, 3.63) is 34.1 Å². The molecule has 1 saturated carbocycles. The third-order valence-electron chi connectivity index (χ3n) is 5.41. The van der Waals surface area contributed by atoms with Gasteiger partial charge in [-0.2, -0.15) is 0 Å². The zero-order chi connectivity index (χ0) is 20.4. The summed E-state index contributed by atoms with van der Waals surface area (Å²) < 4.78 is 12.2. The lowest BCUT2D eigenvalue weighted by molar-refractivity contribution is 0.103. The molecule has 0 spiro atoms. The molecular weight excluding hydrogens is 420 g/mol. The van der Waals surface area contributed by atoms with Crippen molar-refractivity contribution in [1.29, 1.82) is 0 Å². The van der Waals surface area contributed by atoms with Gasteiger partial charge in [0.05, 0.1) is 20.8 Å². The van der Waals surface area contributed by atoms with E-state index in [4.69, 9.17) is 14.5 Å². The summed E-state index contributed by atoms with van der Waals surface area (Å²) in [5, 5.41) is 4.50. The van der Waals surface area contributed by atoms with E-state index in [2.05, 4.69) is 15.3 Å². The monoisotopic (exact) mass is 438 g/mol. The van der Waals surface area contributed by atoms with Crippen LogP contribution in [-0.2, 0) is 0 Å². The maximum absolute atomic E-state index is 13.0. The molecule has 1 aliphatic carbocycles. The van der Waals surface area contributed by atoms with Crippen LogP contribution in [-0.4, -0.2) is 34.1 Å². The maximum atomic E-state index is 13.0. The first-order chi connectivity index (χ1) is 14.6. The predicted octanol–water partition coefficient (Wildman–Crippen LogP) is 4.82. The van der Waals surface area contributed by atoms with Crippen LogP contribution in [0, 0.1) is 13.8 Å². The highest BCUT2D eigenvalue weighted by Crippen LogP contribution is 2.41. The minimum atomic E-state index is -0.167. The van der Waals surface area contributed by atoms with E-state index in [9.17, 15) is 4.79 Å². The number of carbonyl (C=O) groups excluding carboxylic acids is 1. The van der Waals surface area contributed by atoms with Gasteiger partial charge >= 0.3 is 0 Å². The van der Waals surface area contributed by atoms with Gasteiger partial charge in [0, 0.05) is 23.4 Å². The fourth-order valence-electron chi connectivity index (χ4n) is 3.77. The predicted molar refractivity (Wildman–Crippen MR) is 117 cm³/mol. The van der Waals surface area contributed by atoms with Crippen molar-refractivity contribution in [2.75, 3.05) is 18.5 Å². The molecular formula is C21H18N4O3S2. The van der Waals surface area contributed by atoms with E-state index < -0.39 is 0 Å². The molecule has 0 bridgehead atoms. The second-order valence-corrected chi connectivity index (χ2v) is 9.64. The molecule has 1 N–H and O–H groups in total. The zero-order valence-electron chi connectivity index (χ0n) is 16.4. The molecule has 0 radical (unpaired) electrons. The van der Waals surface area contributed by atoms with Gasteiger partial charge in [0.15, 0.2) is 16.6 Å². The first-order valence-electron chi connectivity index (χ1n) is 9.86. The Labute approximate surface area is 180 Å². The molecule has 1 aromatic carbocycles. The molecule has 1 fully saturated rings. The molecule has 6 rings (SSSR count). The van der Waals surface area contributed by atoms with Crippen LogP contribution in [0.15, 0.2) is 12.1 Å². The van der Waals surface area contributed by atoms with Crippen LogP contribution in [0.25, 0.3) is 20.4 Å². The third-order valence-corrected chi connectivity index (χ3v) is 7.53. The number of amides is 1. The molecule has 3 aromatic heterocycles. The van der Waals surface area contributed by atoms with Gasteiger partial charge in [-0.05, 0) is 32.3 Å². The van der Waals surface area contributed by atoms with Gasteiger partial charge in [-0.3, -0.25) is 10.1 Å². The average molecular weight is 439 g/mol. The summed E-state index contributed by atoms with van der Waals surface area (Å²) in [6.45, 7) is 5.03. The number of hydrogen-bond donors (Lipinski definition) is 1. The number of carbonyl (C=O) groups is 1. The topological polar surface area (TPSA) is 86.2 Å². The van der Waals surface area contributed by atoms with E-state index in [1.807, 2.05) is 26.0 Å². The van der Waals surface area contributed by atoms with Gasteiger partial charge in [-0.25, -0.2) is 15.0 Å². The van der Waals surface area contributed by atoms with Gasteiger partial charge in [-0.15, -0.1) is 11.3 Å². The number of nitrogens with zero attached hydrogens (tertiary/aromatic N) is 3. The van der Waals surface area contributed by atoms with E-state index in [1.165, 1.54) is 22.7 Å². The number of hydrogen-bond acceptors (Lipinski definition) is 8. The van der Waals surface area contributed by atoms with Crippen molar-refractivity contribution in [2.45, 2.75) is 32.6 Å². The largest absolute Gasteiger partial charge is 0.486 e. The van der Waals surface area contributed by atoms with Crippen molar-refractivity contribution in [2.24, 2.45) is 0 Å². The number of thiophene rings is 1. The van der Waals surface area contributed by atoms with Crippen molar-refractivity contribution < 1.29 is 14.3 Å². The average Bonchev–Trinajstić information content (AvgIpc) is 3.42. The molecule has 9 heteroatoms. The lowest BCUT2D eigenvalue weighted by Crippen LogP contribution is -2.15. The third kappa shape index (κ3) is 2.92. The molecule has 4 heterocycles. The molecule has 0 unspecified atom stereocenters. The SMILES string of the molecule is Cc1nc(C2CC2)nc2sc(C(=O)Nc3nc4cc5c(cc4s3)OCCO5)c(C)c12. The summed E-state index contributed by atoms with van der Waals surface area (Å²) in [7, 11) is 0. The van der Waals surface area contributed by atoms with Crippen LogP contribution in [0.3, 0.4) is 0 Å². The van der Waals surface area contributed by atoms with Crippen molar-refractivity contribution in [3.8, 4) is 11.5 Å². The van der Waals surface area contributed by atoms with E-state index in [1.54, 1.807) is 0 Å². The minimum absolute atomic E-state index is 0.167. The Balaban J connectivity index is 1.33. The van der Waals surface area contributed by atoms with E-state index in [-0.39, 0.29) is 5.91 Å². The Morgan fingerprint density at radius 2 is 1.83 bits per heavy atom. The molecule has 0 atom stereocenters. The Morgan fingerprint density at radius 3 is 2.60 bits per heavy atom. The van der Waals surface area contributed by atoms with Gasteiger partial charge < -0.3 is 9.47 Å². The van der Waals surface area contributed by atoms with Crippen molar-refractivity contribution in [1.82, 2.24) is 15.0 Å². The summed E-state index contributed by atoms with van der Waals surface area (Å²) >= 11 is 2.85. The van der Waals surface area contributed by atoms with E-state index in [0.717, 1.165) is 56.1 Å². The summed E-state index contributed by atoms with van der Waals surface area (Å²) in [5.41, 5.74) is 2.65. The summed E-state index contributed by atoms with van der Waals surface area (Å²) in [6, 6.07) is 3.78. The van der Waals surface area contributed by atoms with Gasteiger partial charge in [0.25, 0.3) is 5.91 Å². The van der Waals surface area contributed by atoms with Crippen LogP contribution in [0.5, 0.6) is 11.5 Å². The number of aryl methyl sites for hydroxylation is 2. The second-order valence-electron chi connectivity index (χ2n) is 7.61. The highest BCUT2D eigenvalue weighted by atomic mass is 32.1. The Bertz CT molecular complexity index is 1300. The number of nitrogens with one attached hydrogen (secondary N) is 1. The first kappa shape index (κ1) is 18.0. The fraction of sp³-hybridized carbons (Fsp3) is 0.333.